The van der Waals surface area contributed by atoms with E-state index in [9.17, 15) is 9.59 Å². The Labute approximate surface area is 144 Å². The number of aromatic nitrogens is 2. The van der Waals surface area contributed by atoms with Gasteiger partial charge in [0.05, 0.1) is 23.0 Å². The number of amides is 2. The summed E-state index contributed by atoms with van der Waals surface area (Å²) in [4.78, 5) is 34.1. The molecule has 6 nitrogen and oxygen atoms in total. The van der Waals surface area contributed by atoms with Gasteiger partial charge in [-0.25, -0.2) is 4.98 Å². The maximum absolute atomic E-state index is 12.8. The molecule has 0 saturated carbocycles. The van der Waals surface area contributed by atoms with Gasteiger partial charge in [0.15, 0.2) is 0 Å². The molecule has 25 heavy (non-hydrogen) atoms. The first-order valence-electron chi connectivity index (χ1n) is 8.20. The summed E-state index contributed by atoms with van der Waals surface area (Å²) in [5.41, 5.74) is 2.61. The van der Waals surface area contributed by atoms with Crippen LogP contribution in [0.2, 0.25) is 0 Å². The molecule has 3 aromatic rings. The molecule has 1 fully saturated rings. The monoisotopic (exact) mass is 334 g/mol. The highest BCUT2D eigenvalue weighted by molar-refractivity contribution is 5.97. The number of benzene rings is 2. The molecule has 2 N–H and O–H groups in total. The van der Waals surface area contributed by atoms with E-state index >= 15 is 0 Å². The lowest BCUT2D eigenvalue weighted by atomic mass is 9.93. The summed E-state index contributed by atoms with van der Waals surface area (Å²) in [6.45, 7) is 0. The third-order valence-corrected chi connectivity index (χ3v) is 4.70. The second kappa shape index (κ2) is 6.05. The number of nitrogens with zero attached hydrogens (tertiary/aromatic N) is 2. The minimum absolute atomic E-state index is 0.0291. The van der Waals surface area contributed by atoms with Crippen molar-refractivity contribution < 1.29 is 9.59 Å². The molecule has 1 aromatic heterocycles. The lowest BCUT2D eigenvalue weighted by Gasteiger charge is -2.24. The molecular weight excluding hydrogens is 316 g/mol. The van der Waals surface area contributed by atoms with Crippen LogP contribution in [0.4, 0.5) is 5.95 Å². The first-order chi connectivity index (χ1) is 12.1. The van der Waals surface area contributed by atoms with Crippen LogP contribution in [0.3, 0.4) is 0 Å². The summed E-state index contributed by atoms with van der Waals surface area (Å²) in [5.74, 6) is -0.280. The van der Waals surface area contributed by atoms with Gasteiger partial charge >= 0.3 is 0 Å². The molecule has 0 unspecified atom stereocenters. The van der Waals surface area contributed by atoms with Crippen molar-refractivity contribution in [3.05, 3.63) is 60.2 Å². The highest BCUT2D eigenvalue weighted by Crippen LogP contribution is 2.37. The van der Waals surface area contributed by atoms with Crippen molar-refractivity contribution in [3.63, 3.8) is 0 Å². The predicted octanol–water partition coefficient (Wildman–Crippen LogP) is 2.72. The number of fused-ring (bicyclic) bond motifs is 1. The molecule has 1 saturated heterocycles. The predicted molar refractivity (Wildman–Crippen MR) is 94.8 cm³/mol. The zero-order valence-electron chi connectivity index (χ0n) is 13.8. The highest BCUT2D eigenvalue weighted by atomic mass is 16.2. The van der Waals surface area contributed by atoms with Crippen LogP contribution in [0.25, 0.3) is 11.0 Å². The normalized spacial score (nSPS) is 20.2. The van der Waals surface area contributed by atoms with Gasteiger partial charge in [0, 0.05) is 13.5 Å². The molecule has 0 bridgehead atoms. The van der Waals surface area contributed by atoms with Crippen LogP contribution in [0.5, 0.6) is 0 Å². The number of likely N-dealkylation sites (tertiary alicyclic amines) is 1. The maximum atomic E-state index is 12.8. The Hall–Kier alpha value is -3.15. The molecule has 126 valence electrons. The maximum Gasteiger partial charge on any atom is 0.232 e. The molecule has 0 aliphatic carbocycles. The largest absolute Gasteiger partial charge is 0.338 e. The van der Waals surface area contributed by atoms with E-state index in [0.717, 1.165) is 16.6 Å². The molecule has 0 spiro atoms. The number of anilines is 1. The average Bonchev–Trinajstić information content (AvgIpc) is 3.16. The van der Waals surface area contributed by atoms with Gasteiger partial charge in [-0.3, -0.25) is 14.9 Å². The van der Waals surface area contributed by atoms with Crippen LogP contribution >= 0.6 is 0 Å². The summed E-state index contributed by atoms with van der Waals surface area (Å²) >= 11 is 0. The number of para-hydroxylation sites is 2. The quantitative estimate of drug-likeness (QED) is 0.773. The molecule has 6 heteroatoms. The summed E-state index contributed by atoms with van der Waals surface area (Å²) in [6.07, 6.45) is 0.197. The minimum Gasteiger partial charge on any atom is -0.338 e. The van der Waals surface area contributed by atoms with E-state index in [2.05, 4.69) is 15.3 Å². The van der Waals surface area contributed by atoms with Crippen LogP contribution in [0, 0.1) is 5.92 Å². The lowest BCUT2D eigenvalue weighted by Crippen LogP contribution is -2.30. The van der Waals surface area contributed by atoms with Gasteiger partial charge in [-0.2, -0.15) is 0 Å². The Morgan fingerprint density at radius 1 is 1.16 bits per heavy atom. The van der Waals surface area contributed by atoms with Crippen molar-refractivity contribution in [2.75, 3.05) is 12.4 Å². The van der Waals surface area contributed by atoms with Crippen molar-refractivity contribution in [1.82, 2.24) is 14.9 Å². The molecule has 1 aliphatic heterocycles. The number of hydrogen-bond acceptors (Lipinski definition) is 3. The van der Waals surface area contributed by atoms with Gasteiger partial charge in [0.1, 0.15) is 0 Å². The van der Waals surface area contributed by atoms with E-state index in [-0.39, 0.29) is 24.3 Å². The van der Waals surface area contributed by atoms with Gasteiger partial charge in [0.2, 0.25) is 17.8 Å². The van der Waals surface area contributed by atoms with Gasteiger partial charge < -0.3 is 9.88 Å². The third kappa shape index (κ3) is 2.76. The number of carbonyl (C=O) groups excluding carboxylic acids is 2. The van der Waals surface area contributed by atoms with Crippen molar-refractivity contribution in [1.29, 1.82) is 0 Å². The zero-order chi connectivity index (χ0) is 17.4. The number of hydrogen-bond donors (Lipinski definition) is 2. The number of carbonyl (C=O) groups is 2. The first-order valence-corrected chi connectivity index (χ1v) is 8.20. The van der Waals surface area contributed by atoms with Gasteiger partial charge in [-0.1, -0.05) is 42.5 Å². The fourth-order valence-corrected chi connectivity index (χ4v) is 3.43. The van der Waals surface area contributed by atoms with Crippen molar-refractivity contribution in [2.24, 2.45) is 5.92 Å². The molecule has 2 heterocycles. The number of rotatable bonds is 3. The number of nitrogens with one attached hydrogen (secondary N) is 2. The van der Waals surface area contributed by atoms with Crippen molar-refractivity contribution in [3.8, 4) is 0 Å². The summed E-state index contributed by atoms with van der Waals surface area (Å²) in [5, 5.41) is 2.83. The molecule has 0 radical (unpaired) electrons. The van der Waals surface area contributed by atoms with Crippen LogP contribution in [-0.2, 0) is 9.59 Å². The molecule has 4 rings (SSSR count). The topological polar surface area (TPSA) is 78.1 Å². The third-order valence-electron chi connectivity index (χ3n) is 4.70. The van der Waals surface area contributed by atoms with Crippen LogP contribution in [-0.4, -0.2) is 33.7 Å². The van der Waals surface area contributed by atoms with Crippen LogP contribution in [0.15, 0.2) is 54.6 Å². The van der Waals surface area contributed by atoms with E-state index in [1.807, 2.05) is 54.6 Å². The standard InChI is InChI=1S/C19H18N4O2/c1-23-16(24)11-13(17(23)12-7-3-2-4-8-12)18(25)22-19-20-14-9-5-6-10-15(14)21-19/h2-10,13,17H,11H2,1H3,(H2,20,21,22,25)/t13-,17+/m0/s1. The van der Waals surface area contributed by atoms with E-state index in [1.54, 1.807) is 11.9 Å². The van der Waals surface area contributed by atoms with Gasteiger partial charge in [-0.15, -0.1) is 0 Å². The SMILES string of the molecule is CN1C(=O)C[C@H](C(=O)Nc2nc3ccccc3[nH]2)[C@H]1c1ccccc1. The first kappa shape index (κ1) is 15.4. The van der Waals surface area contributed by atoms with Gasteiger partial charge in [-0.05, 0) is 17.7 Å². The second-order valence-corrected chi connectivity index (χ2v) is 6.26. The molecule has 2 aromatic carbocycles. The Morgan fingerprint density at radius 3 is 2.64 bits per heavy atom. The summed E-state index contributed by atoms with van der Waals surface area (Å²) < 4.78 is 0. The van der Waals surface area contributed by atoms with E-state index in [4.69, 9.17) is 0 Å². The number of imidazole rings is 1. The molecule has 2 atom stereocenters. The van der Waals surface area contributed by atoms with Gasteiger partial charge in [0.25, 0.3) is 0 Å². The fraction of sp³-hybridized carbons (Fsp3) is 0.211. The van der Waals surface area contributed by atoms with Crippen molar-refractivity contribution >= 4 is 28.8 Å². The Balaban J connectivity index is 1.60. The van der Waals surface area contributed by atoms with E-state index < -0.39 is 5.92 Å². The number of aromatic amines is 1. The number of H-pyrrole nitrogens is 1. The fourth-order valence-electron chi connectivity index (χ4n) is 3.43. The molecule has 2 amide bonds. The molecule has 1 aliphatic rings. The average molecular weight is 334 g/mol. The van der Waals surface area contributed by atoms with Crippen LogP contribution in [0.1, 0.15) is 18.0 Å². The Kier molecular flexibility index (Phi) is 3.72. The summed E-state index contributed by atoms with van der Waals surface area (Å²) in [7, 11) is 1.74. The van der Waals surface area contributed by atoms with E-state index in [0.29, 0.717) is 5.95 Å². The van der Waals surface area contributed by atoms with E-state index in [1.165, 1.54) is 0 Å². The molecular formula is C19H18N4O2. The summed E-state index contributed by atoms with van der Waals surface area (Å²) in [6, 6.07) is 17.0. The Morgan fingerprint density at radius 2 is 1.88 bits per heavy atom. The second-order valence-electron chi connectivity index (χ2n) is 6.26. The van der Waals surface area contributed by atoms with Crippen molar-refractivity contribution in [2.45, 2.75) is 12.5 Å². The highest BCUT2D eigenvalue weighted by Gasteiger charge is 2.42. The Bertz CT molecular complexity index is 902. The lowest BCUT2D eigenvalue weighted by molar-refractivity contribution is -0.128. The minimum atomic E-state index is -0.451. The smallest absolute Gasteiger partial charge is 0.232 e. The zero-order valence-corrected chi connectivity index (χ0v) is 13.8. The van der Waals surface area contributed by atoms with Crippen LogP contribution < -0.4 is 5.32 Å².